The number of halogens is 2. The Kier molecular flexibility index (Phi) is 5.22. The summed E-state index contributed by atoms with van der Waals surface area (Å²) >= 11 is 12.3. The summed E-state index contributed by atoms with van der Waals surface area (Å²) in [5.74, 6) is 0.945. The molecule has 5 fully saturated rings. The molecule has 7 heteroatoms. The minimum atomic E-state index is -0.00111. The van der Waals surface area contributed by atoms with Gasteiger partial charge in [0.2, 0.25) is 0 Å². The highest BCUT2D eigenvalue weighted by molar-refractivity contribution is 6.42. The summed E-state index contributed by atoms with van der Waals surface area (Å²) in [5, 5.41) is 1.18. The molecule has 1 spiro atoms. The number of epoxide rings is 1. The molecule has 5 nitrogen and oxygen atoms in total. The lowest BCUT2D eigenvalue weighted by atomic mass is 9.53. The van der Waals surface area contributed by atoms with Crippen molar-refractivity contribution in [3.63, 3.8) is 0 Å². The van der Waals surface area contributed by atoms with E-state index in [1.165, 1.54) is 19.3 Å². The zero-order valence-electron chi connectivity index (χ0n) is 18.7. The minimum Gasteiger partial charge on any atom is -0.462 e. The first-order valence-electron chi connectivity index (χ1n) is 12.1. The fraction of sp³-hybridized carbons (Fsp3) is 0.720. The van der Waals surface area contributed by atoms with Crippen molar-refractivity contribution in [1.82, 2.24) is 4.90 Å². The standard InChI is InChI=1S/C25H32Cl2N2O3/c1-24-5-2-6-25(15-31-25)22(24)12-17-18(23(30)32-21(17)13-24)14-28-7-9-29(10-8-28)16-3-4-19(26)20(27)11-16/h3-4,11,17-18,21-22H,2,5-10,12-15H2,1H3/t17-,18-,21+,22+,24+,25-/m0/s1. The highest BCUT2D eigenvalue weighted by atomic mass is 35.5. The van der Waals surface area contributed by atoms with Gasteiger partial charge in [-0.1, -0.05) is 30.1 Å². The van der Waals surface area contributed by atoms with Gasteiger partial charge < -0.3 is 14.4 Å². The fourth-order valence-electron chi connectivity index (χ4n) is 7.31. The molecule has 0 N–H and O–H groups in total. The van der Waals surface area contributed by atoms with Crippen LogP contribution in [0.1, 0.15) is 39.0 Å². The third-order valence-electron chi connectivity index (χ3n) is 9.17. The number of carbonyl (C=O) groups excluding carboxylic acids is 1. The Morgan fingerprint density at radius 1 is 1.12 bits per heavy atom. The normalized spacial score (nSPS) is 41.3. The van der Waals surface area contributed by atoms with Gasteiger partial charge in [0.1, 0.15) is 6.10 Å². The maximum absolute atomic E-state index is 12.9. The lowest BCUT2D eigenvalue weighted by Crippen LogP contribution is -2.52. The molecule has 32 heavy (non-hydrogen) atoms. The first-order valence-corrected chi connectivity index (χ1v) is 12.9. The maximum Gasteiger partial charge on any atom is 0.310 e. The van der Waals surface area contributed by atoms with Crippen LogP contribution in [-0.2, 0) is 14.3 Å². The van der Waals surface area contributed by atoms with Gasteiger partial charge in [0.25, 0.3) is 0 Å². The molecule has 6 atom stereocenters. The first kappa shape index (κ1) is 21.5. The lowest BCUT2D eigenvalue weighted by Gasteiger charge is -2.51. The van der Waals surface area contributed by atoms with Gasteiger partial charge in [-0.15, -0.1) is 0 Å². The van der Waals surface area contributed by atoms with Crippen molar-refractivity contribution < 1.29 is 14.3 Å². The van der Waals surface area contributed by atoms with E-state index in [0.29, 0.717) is 21.9 Å². The van der Waals surface area contributed by atoms with E-state index >= 15 is 0 Å². The monoisotopic (exact) mass is 478 g/mol. The summed E-state index contributed by atoms with van der Waals surface area (Å²) in [7, 11) is 0. The molecule has 3 heterocycles. The Bertz CT molecular complexity index is 914. The van der Waals surface area contributed by atoms with E-state index in [9.17, 15) is 4.79 Å². The van der Waals surface area contributed by atoms with Gasteiger partial charge >= 0.3 is 5.97 Å². The zero-order chi connectivity index (χ0) is 22.1. The van der Waals surface area contributed by atoms with Crippen LogP contribution in [0, 0.1) is 23.2 Å². The summed E-state index contributed by atoms with van der Waals surface area (Å²) in [5.41, 5.74) is 1.48. The minimum absolute atomic E-state index is 0.00111. The summed E-state index contributed by atoms with van der Waals surface area (Å²) in [4.78, 5) is 17.7. The summed E-state index contributed by atoms with van der Waals surface area (Å²) in [6, 6.07) is 5.83. The number of rotatable bonds is 3. The molecule has 0 bridgehead atoms. The van der Waals surface area contributed by atoms with E-state index in [-0.39, 0.29) is 29.0 Å². The number of esters is 1. The Morgan fingerprint density at radius 2 is 1.91 bits per heavy atom. The molecule has 5 aliphatic rings. The number of fused-ring (bicyclic) bond motifs is 3. The lowest BCUT2D eigenvalue weighted by molar-refractivity contribution is -0.147. The van der Waals surface area contributed by atoms with Crippen LogP contribution in [0.15, 0.2) is 18.2 Å². The Morgan fingerprint density at radius 3 is 2.62 bits per heavy atom. The number of carbonyl (C=O) groups is 1. The quantitative estimate of drug-likeness (QED) is 0.467. The molecule has 2 saturated carbocycles. The number of ether oxygens (including phenoxy) is 2. The largest absolute Gasteiger partial charge is 0.462 e. The maximum atomic E-state index is 12.9. The third-order valence-corrected chi connectivity index (χ3v) is 9.91. The second kappa shape index (κ2) is 7.76. The summed E-state index contributed by atoms with van der Waals surface area (Å²) in [6.45, 7) is 7.87. The second-order valence-corrected chi connectivity index (χ2v) is 11.8. The molecule has 3 aliphatic heterocycles. The molecular formula is C25H32Cl2N2O3. The highest BCUT2D eigenvalue weighted by Crippen LogP contribution is 2.62. The molecule has 0 amide bonds. The van der Waals surface area contributed by atoms with Crippen molar-refractivity contribution >= 4 is 34.9 Å². The number of nitrogens with zero attached hydrogens (tertiary/aromatic N) is 2. The van der Waals surface area contributed by atoms with E-state index in [4.69, 9.17) is 32.7 Å². The summed E-state index contributed by atoms with van der Waals surface area (Å²) < 4.78 is 12.0. The number of hydrogen-bond donors (Lipinski definition) is 0. The van der Waals surface area contributed by atoms with Crippen molar-refractivity contribution in [2.45, 2.75) is 50.7 Å². The van der Waals surface area contributed by atoms with Gasteiger partial charge in [-0.25, -0.2) is 0 Å². The molecule has 1 aromatic rings. The van der Waals surface area contributed by atoms with Crippen molar-refractivity contribution in [2.75, 3.05) is 44.2 Å². The van der Waals surface area contributed by atoms with Gasteiger partial charge in [-0.3, -0.25) is 9.69 Å². The SMILES string of the molecule is C[C@]12CCC[C@]3(CO3)[C@@H]1C[C@H]1[C@H](CN3CCN(c4ccc(Cl)c(Cl)c4)CC3)C(=O)O[C@@H]1C2. The Hall–Kier alpha value is -1.01. The van der Waals surface area contributed by atoms with Crippen LogP contribution in [0.4, 0.5) is 5.69 Å². The van der Waals surface area contributed by atoms with Crippen LogP contribution < -0.4 is 4.90 Å². The van der Waals surface area contributed by atoms with E-state index in [2.05, 4.69) is 16.7 Å². The van der Waals surface area contributed by atoms with Gasteiger partial charge in [0.05, 0.1) is 28.2 Å². The summed E-state index contributed by atoms with van der Waals surface area (Å²) in [6.07, 6.45) is 5.87. The third kappa shape index (κ3) is 3.55. The van der Waals surface area contributed by atoms with Crippen molar-refractivity contribution in [3.05, 3.63) is 28.2 Å². The molecule has 0 radical (unpaired) electrons. The molecule has 6 rings (SSSR count). The van der Waals surface area contributed by atoms with Gasteiger partial charge in [0.15, 0.2) is 0 Å². The smallest absolute Gasteiger partial charge is 0.310 e. The van der Waals surface area contributed by atoms with Gasteiger partial charge in [-0.2, -0.15) is 0 Å². The first-order chi connectivity index (χ1) is 15.4. The van der Waals surface area contributed by atoms with E-state index in [1.54, 1.807) is 0 Å². The molecular weight excluding hydrogens is 447 g/mol. The zero-order valence-corrected chi connectivity index (χ0v) is 20.2. The number of benzene rings is 1. The van der Waals surface area contributed by atoms with Crippen LogP contribution in [0.2, 0.25) is 10.0 Å². The van der Waals surface area contributed by atoms with Crippen LogP contribution in [0.25, 0.3) is 0 Å². The topological polar surface area (TPSA) is 45.3 Å². The van der Waals surface area contributed by atoms with Crippen molar-refractivity contribution in [3.8, 4) is 0 Å². The Balaban J connectivity index is 1.11. The molecule has 3 saturated heterocycles. The average molecular weight is 479 g/mol. The van der Waals surface area contributed by atoms with E-state index in [0.717, 1.165) is 57.9 Å². The van der Waals surface area contributed by atoms with E-state index in [1.807, 2.05) is 18.2 Å². The van der Waals surface area contributed by atoms with Gasteiger partial charge in [-0.05, 0) is 61.6 Å². The molecule has 0 aromatic heterocycles. The number of hydrogen-bond acceptors (Lipinski definition) is 5. The number of anilines is 1. The molecule has 2 aliphatic carbocycles. The average Bonchev–Trinajstić information content (AvgIpc) is 3.47. The van der Waals surface area contributed by atoms with E-state index < -0.39 is 0 Å². The predicted octanol–water partition coefficient (Wildman–Crippen LogP) is 4.64. The van der Waals surface area contributed by atoms with Crippen LogP contribution in [-0.4, -0.2) is 61.9 Å². The second-order valence-electron chi connectivity index (χ2n) is 11.0. The number of piperazine rings is 1. The highest BCUT2D eigenvalue weighted by Gasteiger charge is 2.65. The predicted molar refractivity (Wildman–Crippen MR) is 125 cm³/mol. The van der Waals surface area contributed by atoms with Crippen LogP contribution in [0.5, 0.6) is 0 Å². The Labute approximate surface area is 200 Å². The van der Waals surface area contributed by atoms with Crippen molar-refractivity contribution in [2.24, 2.45) is 23.2 Å². The molecule has 1 aromatic carbocycles. The fourth-order valence-corrected chi connectivity index (χ4v) is 7.61. The van der Waals surface area contributed by atoms with Crippen LogP contribution in [0.3, 0.4) is 0 Å². The van der Waals surface area contributed by atoms with Crippen LogP contribution >= 0.6 is 23.2 Å². The molecule has 0 unspecified atom stereocenters. The van der Waals surface area contributed by atoms with Crippen molar-refractivity contribution in [1.29, 1.82) is 0 Å². The molecule has 174 valence electrons. The van der Waals surface area contributed by atoms with Gasteiger partial charge in [0, 0.05) is 44.3 Å².